The van der Waals surface area contributed by atoms with E-state index in [-0.39, 0.29) is 5.56 Å². The van der Waals surface area contributed by atoms with Crippen molar-refractivity contribution in [1.82, 2.24) is 10.3 Å². The van der Waals surface area contributed by atoms with E-state index in [1.165, 1.54) is 29.5 Å². The number of halogens is 2. The lowest BCUT2D eigenvalue weighted by Gasteiger charge is -2.18. The SMILES string of the molecule is Cc1csc(C(NC2CC2)c2c(F)cccc2F)n1. The van der Waals surface area contributed by atoms with Crippen LogP contribution >= 0.6 is 11.3 Å². The van der Waals surface area contributed by atoms with Gasteiger partial charge in [0.15, 0.2) is 0 Å². The highest BCUT2D eigenvalue weighted by Crippen LogP contribution is 2.32. The highest BCUT2D eigenvalue weighted by atomic mass is 32.1. The molecule has 2 nitrogen and oxygen atoms in total. The van der Waals surface area contributed by atoms with Crippen LogP contribution in [0.15, 0.2) is 23.6 Å². The fourth-order valence-electron chi connectivity index (χ4n) is 2.06. The van der Waals surface area contributed by atoms with Gasteiger partial charge in [0.2, 0.25) is 0 Å². The average molecular weight is 280 g/mol. The first kappa shape index (κ1) is 12.7. The van der Waals surface area contributed by atoms with E-state index in [0.29, 0.717) is 11.0 Å². The smallest absolute Gasteiger partial charge is 0.131 e. The molecule has 1 atom stereocenters. The molecular formula is C14H14F2N2S. The van der Waals surface area contributed by atoms with Crippen LogP contribution in [0.3, 0.4) is 0 Å². The van der Waals surface area contributed by atoms with Gasteiger partial charge in [0, 0.05) is 22.7 Å². The summed E-state index contributed by atoms with van der Waals surface area (Å²) in [5.41, 5.74) is 0.947. The Morgan fingerprint density at radius 1 is 1.32 bits per heavy atom. The Kier molecular flexibility index (Phi) is 3.33. The summed E-state index contributed by atoms with van der Waals surface area (Å²) in [6.07, 6.45) is 2.11. The van der Waals surface area contributed by atoms with Crippen molar-refractivity contribution in [3.8, 4) is 0 Å². The van der Waals surface area contributed by atoms with Crippen molar-refractivity contribution < 1.29 is 8.78 Å². The molecule has 0 aliphatic heterocycles. The molecule has 1 N–H and O–H groups in total. The van der Waals surface area contributed by atoms with E-state index in [0.717, 1.165) is 18.5 Å². The van der Waals surface area contributed by atoms with Crippen molar-refractivity contribution in [3.05, 3.63) is 51.5 Å². The molecule has 3 rings (SSSR count). The molecular weight excluding hydrogens is 266 g/mol. The first-order valence-electron chi connectivity index (χ1n) is 6.27. The molecule has 1 aromatic heterocycles. The maximum Gasteiger partial charge on any atom is 0.131 e. The predicted octanol–water partition coefficient (Wildman–Crippen LogP) is 3.57. The predicted molar refractivity (Wildman–Crippen MR) is 71.2 cm³/mol. The van der Waals surface area contributed by atoms with Crippen molar-refractivity contribution in [2.75, 3.05) is 0 Å². The highest BCUT2D eigenvalue weighted by Gasteiger charge is 2.31. The molecule has 100 valence electrons. The summed E-state index contributed by atoms with van der Waals surface area (Å²) in [6.45, 7) is 1.88. The van der Waals surface area contributed by atoms with E-state index in [4.69, 9.17) is 0 Å². The van der Waals surface area contributed by atoms with Gasteiger partial charge in [-0.25, -0.2) is 13.8 Å². The zero-order valence-electron chi connectivity index (χ0n) is 10.5. The summed E-state index contributed by atoms with van der Waals surface area (Å²) in [6, 6.07) is 3.82. The Morgan fingerprint density at radius 3 is 2.53 bits per heavy atom. The quantitative estimate of drug-likeness (QED) is 0.926. The number of benzene rings is 1. The van der Waals surface area contributed by atoms with Crippen LogP contribution < -0.4 is 5.32 Å². The first-order chi connectivity index (χ1) is 9.15. The van der Waals surface area contributed by atoms with Crippen LogP contribution in [0.2, 0.25) is 0 Å². The summed E-state index contributed by atoms with van der Waals surface area (Å²) in [4.78, 5) is 4.37. The standard InChI is InChI=1S/C14H14F2N2S/c1-8-7-19-14(17-8)13(18-9-5-6-9)12-10(15)3-2-4-11(12)16/h2-4,7,9,13,18H,5-6H2,1H3. The Balaban J connectivity index is 2.02. The maximum atomic E-state index is 14.0. The second kappa shape index (κ2) is 4.98. The van der Waals surface area contributed by atoms with E-state index in [1.54, 1.807) is 0 Å². The fraction of sp³-hybridized carbons (Fsp3) is 0.357. The Hall–Kier alpha value is -1.33. The average Bonchev–Trinajstić information content (AvgIpc) is 3.08. The second-order valence-electron chi connectivity index (χ2n) is 4.84. The van der Waals surface area contributed by atoms with Crippen LogP contribution in [-0.2, 0) is 0 Å². The van der Waals surface area contributed by atoms with E-state index in [1.807, 2.05) is 12.3 Å². The number of aryl methyl sites for hydroxylation is 1. The summed E-state index contributed by atoms with van der Waals surface area (Å²) < 4.78 is 27.9. The van der Waals surface area contributed by atoms with E-state index >= 15 is 0 Å². The van der Waals surface area contributed by atoms with E-state index in [9.17, 15) is 8.78 Å². The first-order valence-corrected chi connectivity index (χ1v) is 7.15. The van der Waals surface area contributed by atoms with Gasteiger partial charge in [-0.05, 0) is 31.9 Å². The molecule has 5 heteroatoms. The molecule has 0 radical (unpaired) electrons. The number of thiazole rings is 1. The lowest BCUT2D eigenvalue weighted by Crippen LogP contribution is -2.26. The molecule has 1 aromatic carbocycles. The normalized spacial score (nSPS) is 16.6. The lowest BCUT2D eigenvalue weighted by molar-refractivity contribution is 0.500. The van der Waals surface area contributed by atoms with Gasteiger partial charge in [-0.15, -0.1) is 11.3 Å². The van der Waals surface area contributed by atoms with Crippen molar-refractivity contribution in [2.45, 2.75) is 31.8 Å². The molecule has 19 heavy (non-hydrogen) atoms. The molecule has 0 bridgehead atoms. The van der Waals surface area contributed by atoms with Crippen LogP contribution in [0.1, 0.15) is 35.1 Å². The molecule has 1 heterocycles. The molecule has 1 fully saturated rings. The minimum Gasteiger partial charge on any atom is -0.301 e. The van der Waals surface area contributed by atoms with Crippen molar-refractivity contribution in [2.24, 2.45) is 0 Å². The van der Waals surface area contributed by atoms with Gasteiger partial charge in [-0.1, -0.05) is 6.07 Å². The van der Waals surface area contributed by atoms with Gasteiger partial charge in [0.1, 0.15) is 16.6 Å². The molecule has 0 saturated heterocycles. The number of nitrogens with zero attached hydrogens (tertiary/aromatic N) is 1. The zero-order chi connectivity index (χ0) is 13.4. The van der Waals surface area contributed by atoms with Crippen LogP contribution in [0, 0.1) is 18.6 Å². The van der Waals surface area contributed by atoms with Gasteiger partial charge in [-0.3, -0.25) is 0 Å². The fourth-order valence-corrected chi connectivity index (χ4v) is 2.92. The number of aromatic nitrogens is 1. The zero-order valence-corrected chi connectivity index (χ0v) is 11.3. The van der Waals surface area contributed by atoms with E-state index in [2.05, 4.69) is 10.3 Å². The van der Waals surface area contributed by atoms with Gasteiger partial charge in [-0.2, -0.15) is 0 Å². The van der Waals surface area contributed by atoms with Gasteiger partial charge in [0.05, 0.1) is 6.04 Å². The van der Waals surface area contributed by atoms with Gasteiger partial charge in [0.25, 0.3) is 0 Å². The monoisotopic (exact) mass is 280 g/mol. The molecule has 0 amide bonds. The minimum absolute atomic E-state index is 0.0729. The molecule has 0 spiro atoms. The van der Waals surface area contributed by atoms with Crippen LogP contribution in [0.5, 0.6) is 0 Å². The number of hydrogen-bond acceptors (Lipinski definition) is 3. The maximum absolute atomic E-state index is 14.0. The summed E-state index contributed by atoms with van der Waals surface area (Å²) in [7, 11) is 0. The Bertz CT molecular complexity index is 573. The Labute approximate surface area is 114 Å². The lowest BCUT2D eigenvalue weighted by atomic mass is 10.1. The number of nitrogens with one attached hydrogen (secondary N) is 1. The summed E-state index contributed by atoms with van der Waals surface area (Å²) >= 11 is 1.43. The topological polar surface area (TPSA) is 24.9 Å². The second-order valence-corrected chi connectivity index (χ2v) is 5.73. The van der Waals surface area contributed by atoms with Crippen LogP contribution in [0.4, 0.5) is 8.78 Å². The molecule has 1 aliphatic rings. The van der Waals surface area contributed by atoms with Crippen molar-refractivity contribution in [1.29, 1.82) is 0 Å². The molecule has 1 saturated carbocycles. The van der Waals surface area contributed by atoms with Gasteiger partial charge >= 0.3 is 0 Å². The molecule has 2 aromatic rings. The molecule has 1 unspecified atom stereocenters. The third-order valence-corrected chi connectivity index (χ3v) is 4.18. The van der Waals surface area contributed by atoms with Crippen LogP contribution in [-0.4, -0.2) is 11.0 Å². The third-order valence-electron chi connectivity index (χ3n) is 3.15. The number of hydrogen-bond donors (Lipinski definition) is 1. The molecule has 1 aliphatic carbocycles. The Morgan fingerprint density at radius 2 is 2.00 bits per heavy atom. The highest BCUT2D eigenvalue weighted by molar-refractivity contribution is 7.09. The van der Waals surface area contributed by atoms with E-state index < -0.39 is 17.7 Å². The van der Waals surface area contributed by atoms with Crippen molar-refractivity contribution in [3.63, 3.8) is 0 Å². The minimum atomic E-state index is -0.522. The van der Waals surface area contributed by atoms with Crippen LogP contribution in [0.25, 0.3) is 0 Å². The summed E-state index contributed by atoms with van der Waals surface area (Å²) in [5.74, 6) is -1.04. The largest absolute Gasteiger partial charge is 0.301 e. The van der Waals surface area contributed by atoms with Gasteiger partial charge < -0.3 is 5.32 Å². The van der Waals surface area contributed by atoms with Crippen molar-refractivity contribution >= 4 is 11.3 Å². The summed E-state index contributed by atoms with van der Waals surface area (Å²) in [5, 5.41) is 5.90. The number of rotatable bonds is 4. The third kappa shape index (κ3) is 2.67.